The molecular formula is C18H28N2O3S. The lowest BCUT2D eigenvalue weighted by atomic mass is 10.1. The predicted molar refractivity (Wildman–Crippen MR) is 94.7 cm³/mol. The number of nitrogens with zero attached hydrogens (tertiary/aromatic N) is 1. The van der Waals surface area contributed by atoms with Gasteiger partial charge in [0.05, 0.1) is 11.5 Å². The molecule has 2 unspecified atom stereocenters. The van der Waals surface area contributed by atoms with Crippen LogP contribution in [0, 0.1) is 5.92 Å². The van der Waals surface area contributed by atoms with Crippen LogP contribution in [0.4, 0.5) is 0 Å². The molecule has 0 radical (unpaired) electrons. The van der Waals surface area contributed by atoms with Crippen molar-refractivity contribution in [2.75, 3.05) is 19.7 Å². The van der Waals surface area contributed by atoms with E-state index in [9.17, 15) is 8.42 Å². The van der Waals surface area contributed by atoms with Crippen LogP contribution in [0.2, 0.25) is 0 Å². The van der Waals surface area contributed by atoms with E-state index in [-0.39, 0.29) is 0 Å². The fourth-order valence-electron chi connectivity index (χ4n) is 3.40. The van der Waals surface area contributed by atoms with Crippen molar-refractivity contribution >= 4 is 10.0 Å². The van der Waals surface area contributed by atoms with Gasteiger partial charge >= 0.3 is 0 Å². The SMILES string of the molecule is CC(C)CCOc1ccc(S(=O)(=O)N2CCC3CCC(C2)N3)cc1. The highest BCUT2D eigenvalue weighted by atomic mass is 32.2. The van der Waals surface area contributed by atoms with Gasteiger partial charge in [-0.15, -0.1) is 0 Å². The first-order valence-corrected chi connectivity index (χ1v) is 10.4. The lowest BCUT2D eigenvalue weighted by molar-refractivity contribution is 0.289. The van der Waals surface area contributed by atoms with E-state index in [2.05, 4.69) is 19.2 Å². The molecule has 0 aromatic heterocycles. The van der Waals surface area contributed by atoms with Crippen molar-refractivity contribution in [2.45, 2.75) is 56.5 Å². The Hall–Kier alpha value is -1.11. The summed E-state index contributed by atoms with van der Waals surface area (Å²) in [5.41, 5.74) is 0. The van der Waals surface area contributed by atoms with Crippen molar-refractivity contribution < 1.29 is 13.2 Å². The third-order valence-electron chi connectivity index (χ3n) is 4.91. The number of hydrogen-bond acceptors (Lipinski definition) is 4. The maximum Gasteiger partial charge on any atom is 0.243 e. The molecule has 2 aliphatic rings. The maximum absolute atomic E-state index is 12.9. The van der Waals surface area contributed by atoms with E-state index in [0.29, 0.717) is 42.6 Å². The summed E-state index contributed by atoms with van der Waals surface area (Å²) in [7, 11) is -3.42. The van der Waals surface area contributed by atoms with Crippen LogP contribution in [0.1, 0.15) is 39.5 Å². The van der Waals surface area contributed by atoms with Gasteiger partial charge in [-0.25, -0.2) is 8.42 Å². The van der Waals surface area contributed by atoms with Crippen molar-refractivity contribution in [3.63, 3.8) is 0 Å². The van der Waals surface area contributed by atoms with Crippen molar-refractivity contribution in [1.82, 2.24) is 9.62 Å². The number of rotatable bonds is 6. The Kier molecular flexibility index (Phi) is 5.47. The van der Waals surface area contributed by atoms with E-state index in [1.807, 2.05) is 0 Å². The zero-order valence-electron chi connectivity index (χ0n) is 14.6. The second-order valence-electron chi connectivity index (χ2n) is 7.29. The monoisotopic (exact) mass is 352 g/mol. The lowest BCUT2D eigenvalue weighted by Crippen LogP contribution is -2.39. The molecule has 2 heterocycles. The Labute approximate surface area is 145 Å². The Bertz CT molecular complexity index is 643. The van der Waals surface area contributed by atoms with Crippen molar-refractivity contribution in [2.24, 2.45) is 5.92 Å². The van der Waals surface area contributed by atoms with E-state index in [0.717, 1.165) is 25.0 Å². The first-order valence-electron chi connectivity index (χ1n) is 8.94. The third-order valence-corrected chi connectivity index (χ3v) is 6.79. The van der Waals surface area contributed by atoms with Crippen LogP contribution in [0.5, 0.6) is 5.75 Å². The first kappa shape index (κ1) is 17.7. The van der Waals surface area contributed by atoms with Crippen LogP contribution in [-0.4, -0.2) is 44.5 Å². The summed E-state index contributed by atoms with van der Waals surface area (Å²) in [5, 5.41) is 3.52. The van der Waals surface area contributed by atoms with Crippen LogP contribution >= 0.6 is 0 Å². The Morgan fingerprint density at radius 3 is 2.58 bits per heavy atom. The number of hydrogen-bond donors (Lipinski definition) is 1. The molecule has 24 heavy (non-hydrogen) atoms. The topological polar surface area (TPSA) is 58.6 Å². The summed E-state index contributed by atoms with van der Waals surface area (Å²) in [4.78, 5) is 0.358. The molecule has 6 heteroatoms. The van der Waals surface area contributed by atoms with Gasteiger partial charge in [0, 0.05) is 25.2 Å². The Balaban J connectivity index is 1.66. The quantitative estimate of drug-likeness (QED) is 0.855. The van der Waals surface area contributed by atoms with Crippen LogP contribution in [0.25, 0.3) is 0 Å². The minimum atomic E-state index is -3.42. The second kappa shape index (κ2) is 7.42. The molecule has 0 aliphatic carbocycles. The summed E-state index contributed by atoms with van der Waals surface area (Å²) >= 11 is 0. The highest BCUT2D eigenvalue weighted by Gasteiger charge is 2.34. The number of fused-ring (bicyclic) bond motifs is 2. The molecule has 3 rings (SSSR count). The molecule has 134 valence electrons. The Morgan fingerprint density at radius 1 is 1.17 bits per heavy atom. The van der Waals surface area contributed by atoms with Gasteiger partial charge in [-0.2, -0.15) is 4.31 Å². The van der Waals surface area contributed by atoms with Crippen molar-refractivity contribution in [3.8, 4) is 5.75 Å². The summed E-state index contributed by atoms with van der Waals surface area (Å²) in [6.07, 6.45) is 4.12. The predicted octanol–water partition coefficient (Wildman–Crippen LogP) is 2.63. The summed E-state index contributed by atoms with van der Waals surface area (Å²) in [6.45, 7) is 6.14. The van der Waals surface area contributed by atoms with Crippen molar-refractivity contribution in [1.29, 1.82) is 0 Å². The molecule has 2 aliphatic heterocycles. The zero-order chi connectivity index (χ0) is 17.2. The van der Waals surface area contributed by atoms with Crippen LogP contribution in [0.15, 0.2) is 29.2 Å². The van der Waals surface area contributed by atoms with E-state index < -0.39 is 10.0 Å². The average Bonchev–Trinajstić information content (AvgIpc) is 2.86. The van der Waals surface area contributed by atoms with Gasteiger partial charge in [-0.3, -0.25) is 0 Å². The average molecular weight is 353 g/mol. The first-order chi connectivity index (χ1) is 11.4. The van der Waals surface area contributed by atoms with Gasteiger partial charge in [0.25, 0.3) is 0 Å². The van der Waals surface area contributed by atoms with Crippen LogP contribution < -0.4 is 10.1 Å². The number of ether oxygens (including phenoxy) is 1. The van der Waals surface area contributed by atoms with Gasteiger partial charge in [0.15, 0.2) is 0 Å². The van der Waals surface area contributed by atoms with Gasteiger partial charge in [0.2, 0.25) is 10.0 Å². The molecule has 2 atom stereocenters. The molecule has 2 saturated heterocycles. The smallest absolute Gasteiger partial charge is 0.243 e. The van der Waals surface area contributed by atoms with E-state index in [4.69, 9.17) is 4.74 Å². The molecule has 2 fully saturated rings. The fourth-order valence-corrected chi connectivity index (χ4v) is 4.90. The maximum atomic E-state index is 12.9. The normalized spacial score (nSPS) is 25.0. The second-order valence-corrected chi connectivity index (χ2v) is 9.23. The standard InChI is InChI=1S/C18H28N2O3S/c1-14(2)10-12-23-17-5-7-18(8-6-17)24(21,22)20-11-9-15-3-4-16(13-20)19-15/h5-8,14-16,19H,3-4,9-13H2,1-2H3. The number of nitrogens with one attached hydrogen (secondary N) is 1. The van der Waals surface area contributed by atoms with Crippen molar-refractivity contribution in [3.05, 3.63) is 24.3 Å². The minimum Gasteiger partial charge on any atom is -0.494 e. The number of benzene rings is 1. The van der Waals surface area contributed by atoms with Gasteiger partial charge in [-0.05, 0) is 55.9 Å². The highest BCUT2D eigenvalue weighted by Crippen LogP contribution is 2.26. The van der Waals surface area contributed by atoms with E-state index >= 15 is 0 Å². The molecule has 0 saturated carbocycles. The van der Waals surface area contributed by atoms with Gasteiger partial charge in [0.1, 0.15) is 5.75 Å². The molecule has 1 aromatic carbocycles. The van der Waals surface area contributed by atoms with Gasteiger partial charge < -0.3 is 10.1 Å². The molecule has 1 N–H and O–H groups in total. The highest BCUT2D eigenvalue weighted by molar-refractivity contribution is 7.89. The molecule has 1 aromatic rings. The lowest BCUT2D eigenvalue weighted by Gasteiger charge is -2.23. The Morgan fingerprint density at radius 2 is 1.88 bits per heavy atom. The minimum absolute atomic E-state index is 0.297. The molecular weight excluding hydrogens is 324 g/mol. The summed E-state index contributed by atoms with van der Waals surface area (Å²) in [6, 6.07) is 7.62. The largest absolute Gasteiger partial charge is 0.494 e. The van der Waals surface area contributed by atoms with Crippen LogP contribution in [0.3, 0.4) is 0 Å². The molecule has 5 nitrogen and oxygen atoms in total. The fraction of sp³-hybridized carbons (Fsp3) is 0.667. The molecule has 0 spiro atoms. The van der Waals surface area contributed by atoms with E-state index in [1.165, 1.54) is 6.42 Å². The molecule has 2 bridgehead atoms. The van der Waals surface area contributed by atoms with E-state index in [1.54, 1.807) is 28.6 Å². The number of sulfonamides is 1. The summed E-state index contributed by atoms with van der Waals surface area (Å²) < 4.78 is 33.1. The van der Waals surface area contributed by atoms with Gasteiger partial charge in [-0.1, -0.05) is 13.8 Å². The van der Waals surface area contributed by atoms with Crippen LogP contribution in [-0.2, 0) is 10.0 Å². The third kappa shape index (κ3) is 4.10. The zero-order valence-corrected chi connectivity index (χ0v) is 15.4. The summed E-state index contributed by atoms with van der Waals surface area (Å²) in [5.74, 6) is 1.32. The molecule has 0 amide bonds.